The van der Waals surface area contributed by atoms with Gasteiger partial charge in [-0.15, -0.1) is 0 Å². The Bertz CT molecular complexity index is 488. The lowest BCUT2D eigenvalue weighted by molar-refractivity contribution is 0.354. The Hall–Kier alpha value is -1.35. The van der Waals surface area contributed by atoms with E-state index in [0.717, 1.165) is 25.1 Å². The lowest BCUT2D eigenvalue weighted by Crippen LogP contribution is -2.04. The number of phosphoric acid groups is 1. The molecule has 2 aliphatic rings. The summed E-state index contributed by atoms with van der Waals surface area (Å²) in [6.45, 7) is 2.98. The fourth-order valence-electron chi connectivity index (χ4n) is 1.73. The van der Waals surface area contributed by atoms with Gasteiger partial charge in [-0.3, -0.25) is 0 Å². The second-order valence-corrected chi connectivity index (χ2v) is 5.21. The molecule has 1 unspecified atom stereocenters. The lowest BCUT2D eigenvalue weighted by Gasteiger charge is -2.13. The summed E-state index contributed by atoms with van der Waals surface area (Å²) in [6, 6.07) is 3.59. The summed E-state index contributed by atoms with van der Waals surface area (Å²) in [7, 11) is -3.35. The molecule has 2 heterocycles. The first-order valence-corrected chi connectivity index (χ1v) is 6.77. The van der Waals surface area contributed by atoms with Crippen LogP contribution in [0.5, 0.6) is 17.2 Å². The number of nitrogens with one attached hydrogen (secondary N) is 1. The van der Waals surface area contributed by atoms with E-state index in [1.165, 1.54) is 0 Å². The maximum Gasteiger partial charge on any atom is 0.647 e. The maximum absolute atomic E-state index is 11.7. The van der Waals surface area contributed by atoms with Gasteiger partial charge in [-0.2, -0.15) is 4.57 Å². The molecule has 0 fully saturated rings. The number of benzene rings is 1. The zero-order valence-corrected chi connectivity index (χ0v) is 9.75. The van der Waals surface area contributed by atoms with Crippen LogP contribution in [0, 0.1) is 0 Å². The number of phosphoric ester groups is 1. The van der Waals surface area contributed by atoms with E-state index in [4.69, 9.17) is 13.6 Å². The number of rotatable bonds is 4. The predicted molar refractivity (Wildman–Crippen MR) is 59.3 cm³/mol. The molecular weight excluding hydrogens is 229 g/mol. The Morgan fingerprint density at radius 2 is 2.06 bits per heavy atom. The summed E-state index contributed by atoms with van der Waals surface area (Å²) in [5.41, 5.74) is 0.813. The first-order valence-electron chi connectivity index (χ1n) is 5.31. The van der Waals surface area contributed by atoms with Crippen molar-refractivity contribution in [2.75, 3.05) is 11.9 Å². The van der Waals surface area contributed by atoms with Crippen molar-refractivity contribution < 1.29 is 18.1 Å². The van der Waals surface area contributed by atoms with Crippen LogP contribution in [0.3, 0.4) is 0 Å². The number of unbranched alkanes of at least 4 members (excludes halogenated alkanes) is 1. The van der Waals surface area contributed by atoms with Gasteiger partial charge in [-0.1, -0.05) is 13.3 Å². The summed E-state index contributed by atoms with van der Waals surface area (Å²) in [6.07, 6.45) is 2.19. The second-order valence-electron chi connectivity index (χ2n) is 3.77. The molecule has 1 aromatic rings. The Labute approximate surface area is 93.3 Å². The van der Waals surface area contributed by atoms with Crippen molar-refractivity contribution in [3.63, 3.8) is 0 Å². The monoisotopic (exact) mass is 241 g/mol. The summed E-state index contributed by atoms with van der Waals surface area (Å²) in [5.74, 6) is 1.48. The van der Waals surface area contributed by atoms with Crippen molar-refractivity contribution in [2.24, 2.45) is 0 Å². The van der Waals surface area contributed by atoms with Gasteiger partial charge < -0.3 is 18.9 Å². The Kier molecular flexibility index (Phi) is 2.04. The summed E-state index contributed by atoms with van der Waals surface area (Å²) < 4.78 is 27.0. The van der Waals surface area contributed by atoms with Crippen LogP contribution in [-0.4, -0.2) is 6.54 Å². The first-order chi connectivity index (χ1) is 7.72. The summed E-state index contributed by atoms with van der Waals surface area (Å²) in [5, 5.41) is 3.23. The SMILES string of the molecule is CCCCNc1ccc2c3c1OP(=O)(O2)O3. The van der Waals surface area contributed by atoms with Crippen LogP contribution < -0.4 is 18.9 Å². The smallest absolute Gasteiger partial charge is 0.382 e. The van der Waals surface area contributed by atoms with Crippen LogP contribution in [0.4, 0.5) is 5.69 Å². The normalized spacial score (nSPS) is 23.6. The molecule has 1 N–H and O–H groups in total. The van der Waals surface area contributed by atoms with Gasteiger partial charge in [-0.05, 0) is 18.6 Å². The van der Waals surface area contributed by atoms with Gasteiger partial charge in [0, 0.05) is 6.54 Å². The Balaban J connectivity index is 1.88. The third-order valence-corrected chi connectivity index (χ3v) is 3.77. The molecule has 2 bridgehead atoms. The van der Waals surface area contributed by atoms with Crippen molar-refractivity contribution in [3.05, 3.63) is 12.1 Å². The van der Waals surface area contributed by atoms with Gasteiger partial charge in [0.15, 0.2) is 5.75 Å². The third kappa shape index (κ3) is 1.35. The van der Waals surface area contributed by atoms with Crippen LogP contribution in [0.1, 0.15) is 19.8 Å². The molecule has 1 aromatic carbocycles. The van der Waals surface area contributed by atoms with Crippen LogP contribution in [0.2, 0.25) is 0 Å². The number of fused-ring (bicyclic) bond motifs is 1. The van der Waals surface area contributed by atoms with E-state index in [-0.39, 0.29) is 0 Å². The number of anilines is 1. The second kappa shape index (κ2) is 3.32. The van der Waals surface area contributed by atoms with E-state index in [2.05, 4.69) is 12.2 Å². The van der Waals surface area contributed by atoms with Gasteiger partial charge in [0.1, 0.15) is 0 Å². The van der Waals surface area contributed by atoms with E-state index < -0.39 is 7.82 Å². The average Bonchev–Trinajstić information content (AvgIpc) is 2.75. The topological polar surface area (TPSA) is 56.8 Å². The van der Waals surface area contributed by atoms with E-state index in [1.807, 2.05) is 6.07 Å². The van der Waals surface area contributed by atoms with E-state index in [1.54, 1.807) is 6.07 Å². The van der Waals surface area contributed by atoms with Gasteiger partial charge in [0.05, 0.1) is 5.69 Å². The van der Waals surface area contributed by atoms with Gasteiger partial charge in [0.2, 0.25) is 11.5 Å². The van der Waals surface area contributed by atoms with E-state index in [0.29, 0.717) is 17.2 Å². The van der Waals surface area contributed by atoms with Crippen molar-refractivity contribution >= 4 is 13.5 Å². The standard InChI is InChI=1S/C10H12NO4P/c1-2-3-6-11-7-4-5-8-10-9(7)14-16(12,13-8)15-10/h4-5,11H,2-3,6H2,1H3. The van der Waals surface area contributed by atoms with E-state index >= 15 is 0 Å². The minimum Gasteiger partial charge on any atom is -0.382 e. The molecule has 5 nitrogen and oxygen atoms in total. The minimum absolute atomic E-state index is 0.463. The molecule has 0 radical (unpaired) electrons. The molecule has 0 spiro atoms. The highest BCUT2D eigenvalue weighted by molar-refractivity contribution is 7.50. The van der Waals surface area contributed by atoms with E-state index in [9.17, 15) is 4.57 Å². The largest absolute Gasteiger partial charge is 0.647 e. The molecule has 0 aromatic heterocycles. The van der Waals surface area contributed by atoms with Crippen LogP contribution in [-0.2, 0) is 4.57 Å². The van der Waals surface area contributed by atoms with Gasteiger partial charge in [0.25, 0.3) is 0 Å². The molecule has 0 aliphatic carbocycles. The summed E-state index contributed by atoms with van der Waals surface area (Å²) >= 11 is 0. The van der Waals surface area contributed by atoms with Crippen LogP contribution >= 0.6 is 7.82 Å². The highest BCUT2D eigenvalue weighted by Gasteiger charge is 2.50. The fourth-order valence-corrected chi connectivity index (χ4v) is 3.03. The molecule has 0 amide bonds. The molecule has 0 saturated carbocycles. The first kappa shape index (κ1) is 9.85. The molecule has 1 atom stereocenters. The van der Waals surface area contributed by atoms with Crippen LogP contribution in [0.25, 0.3) is 0 Å². The fraction of sp³-hybridized carbons (Fsp3) is 0.400. The van der Waals surface area contributed by atoms with Crippen molar-refractivity contribution in [2.45, 2.75) is 19.8 Å². The Morgan fingerprint density at radius 1 is 1.25 bits per heavy atom. The lowest BCUT2D eigenvalue weighted by atomic mass is 10.2. The molecule has 16 heavy (non-hydrogen) atoms. The zero-order valence-electron chi connectivity index (χ0n) is 8.86. The average molecular weight is 241 g/mol. The molecule has 0 saturated heterocycles. The molecule has 2 aliphatic heterocycles. The highest BCUT2D eigenvalue weighted by Crippen LogP contribution is 2.70. The quantitative estimate of drug-likeness (QED) is 0.648. The Morgan fingerprint density at radius 3 is 2.81 bits per heavy atom. The van der Waals surface area contributed by atoms with Crippen molar-refractivity contribution in [1.82, 2.24) is 0 Å². The van der Waals surface area contributed by atoms with Crippen LogP contribution in [0.15, 0.2) is 12.1 Å². The van der Waals surface area contributed by atoms with Gasteiger partial charge >= 0.3 is 7.82 Å². The molecular formula is C10H12NO4P. The predicted octanol–water partition coefficient (Wildman–Crippen LogP) is 3.17. The summed E-state index contributed by atoms with van der Waals surface area (Å²) in [4.78, 5) is 0. The number of hydrogen-bond donors (Lipinski definition) is 1. The third-order valence-electron chi connectivity index (χ3n) is 2.54. The highest BCUT2D eigenvalue weighted by atomic mass is 31.2. The van der Waals surface area contributed by atoms with Crippen molar-refractivity contribution in [3.8, 4) is 17.2 Å². The molecule has 86 valence electrons. The number of hydrogen-bond acceptors (Lipinski definition) is 5. The van der Waals surface area contributed by atoms with Gasteiger partial charge in [-0.25, -0.2) is 0 Å². The molecule has 3 rings (SSSR count). The maximum atomic E-state index is 11.7. The zero-order chi connectivity index (χ0) is 11.2. The minimum atomic E-state index is -3.35. The van der Waals surface area contributed by atoms with Crippen molar-refractivity contribution in [1.29, 1.82) is 0 Å². The molecule has 6 heteroatoms.